The fourth-order valence-electron chi connectivity index (χ4n) is 4.05. The van der Waals surface area contributed by atoms with Crippen molar-refractivity contribution < 1.29 is 4.79 Å². The van der Waals surface area contributed by atoms with Crippen LogP contribution in [0.25, 0.3) is 0 Å². The first kappa shape index (κ1) is 22.2. The number of carbonyl (C=O) groups excluding carboxylic acids is 1. The maximum Gasteiger partial charge on any atom is 0.227 e. The summed E-state index contributed by atoms with van der Waals surface area (Å²) in [6.45, 7) is 4.85. The number of amides is 1. The summed E-state index contributed by atoms with van der Waals surface area (Å²) in [6.07, 6.45) is 4.48. The second-order valence-electron chi connectivity index (χ2n) is 6.95. The number of benzene rings is 1. The zero-order chi connectivity index (χ0) is 16.1. The number of piperidine rings is 1. The molecule has 142 valence electrons. The first-order valence-electron chi connectivity index (χ1n) is 8.99. The lowest BCUT2D eigenvalue weighted by atomic mass is 9.95. The highest BCUT2D eigenvalue weighted by Crippen LogP contribution is 2.25. The van der Waals surface area contributed by atoms with E-state index < -0.39 is 0 Å². The fourth-order valence-corrected chi connectivity index (χ4v) is 4.05. The Morgan fingerprint density at radius 3 is 2.56 bits per heavy atom. The lowest BCUT2D eigenvalue weighted by Gasteiger charge is -2.35. The van der Waals surface area contributed by atoms with Crippen molar-refractivity contribution in [2.45, 2.75) is 38.3 Å². The summed E-state index contributed by atoms with van der Waals surface area (Å²) in [4.78, 5) is 17.6. The molecule has 2 fully saturated rings. The summed E-state index contributed by atoms with van der Waals surface area (Å²) >= 11 is 0. The average Bonchev–Trinajstić information content (AvgIpc) is 3.04. The van der Waals surface area contributed by atoms with E-state index in [-0.39, 0.29) is 30.7 Å². The molecule has 1 aromatic carbocycles. The summed E-state index contributed by atoms with van der Waals surface area (Å²) in [5, 5.41) is 3.23. The molecule has 2 aliphatic rings. The minimum absolute atomic E-state index is 0. The third-order valence-electron chi connectivity index (χ3n) is 5.20. The van der Waals surface area contributed by atoms with Gasteiger partial charge < -0.3 is 10.2 Å². The minimum atomic E-state index is 0. The maximum atomic E-state index is 13.0. The van der Waals surface area contributed by atoms with Crippen LogP contribution in [0.3, 0.4) is 0 Å². The van der Waals surface area contributed by atoms with E-state index in [4.69, 9.17) is 0 Å². The van der Waals surface area contributed by atoms with E-state index in [9.17, 15) is 4.79 Å². The number of nitrogens with one attached hydrogen (secondary N) is 1. The highest BCUT2D eigenvalue weighted by Gasteiger charge is 2.34. The maximum absolute atomic E-state index is 13.0. The molecular weight excluding hydrogens is 357 g/mol. The number of rotatable bonds is 5. The third-order valence-corrected chi connectivity index (χ3v) is 5.20. The molecule has 2 heterocycles. The van der Waals surface area contributed by atoms with Crippen LogP contribution in [0, 0.1) is 5.92 Å². The largest absolute Gasteiger partial charge is 0.338 e. The van der Waals surface area contributed by atoms with Gasteiger partial charge >= 0.3 is 0 Å². The lowest BCUT2D eigenvalue weighted by molar-refractivity contribution is -0.138. The smallest absolute Gasteiger partial charge is 0.227 e. The van der Waals surface area contributed by atoms with Gasteiger partial charge in [-0.25, -0.2) is 0 Å². The van der Waals surface area contributed by atoms with E-state index in [1.165, 1.54) is 5.56 Å². The molecule has 0 radical (unpaired) electrons. The number of halogens is 2. The molecule has 0 saturated carbocycles. The summed E-state index contributed by atoms with van der Waals surface area (Å²) in [5.74, 6) is 0.574. The number of hydrogen-bond donors (Lipinski definition) is 1. The van der Waals surface area contributed by atoms with Crippen molar-refractivity contribution in [1.82, 2.24) is 15.1 Å². The predicted octanol–water partition coefficient (Wildman–Crippen LogP) is 2.95. The average molecular weight is 388 g/mol. The van der Waals surface area contributed by atoms with Crippen LogP contribution in [0.15, 0.2) is 30.3 Å². The van der Waals surface area contributed by atoms with Gasteiger partial charge in [-0.1, -0.05) is 30.3 Å². The zero-order valence-electron chi connectivity index (χ0n) is 15.0. The van der Waals surface area contributed by atoms with Crippen LogP contribution in [-0.2, 0) is 11.3 Å². The van der Waals surface area contributed by atoms with E-state index >= 15 is 0 Å². The normalized spacial score (nSPS) is 23.6. The molecular formula is C19H31Cl2N3O. The topological polar surface area (TPSA) is 35.6 Å². The van der Waals surface area contributed by atoms with E-state index in [1.54, 1.807) is 0 Å². The van der Waals surface area contributed by atoms with E-state index in [2.05, 4.69) is 45.4 Å². The standard InChI is InChI=1S/C19H29N3O.2ClH/c1-20-13-18-10-6-12-22(18)19(23)17-9-5-11-21(15-17)14-16-7-3-2-4-8-16;;/h2-4,7-8,17-18,20H,5-6,9-15H2,1H3;2*1H. The summed E-state index contributed by atoms with van der Waals surface area (Å²) in [7, 11) is 1.98. The van der Waals surface area contributed by atoms with E-state index in [1.807, 2.05) is 7.05 Å². The second kappa shape index (κ2) is 11.0. The number of carbonyl (C=O) groups is 1. The van der Waals surface area contributed by atoms with Gasteiger partial charge in [-0.3, -0.25) is 9.69 Å². The first-order valence-corrected chi connectivity index (χ1v) is 8.99. The van der Waals surface area contributed by atoms with Crippen molar-refractivity contribution in [3.8, 4) is 0 Å². The fraction of sp³-hybridized carbons (Fsp3) is 0.632. The highest BCUT2D eigenvalue weighted by atomic mass is 35.5. The highest BCUT2D eigenvalue weighted by molar-refractivity contribution is 5.85. The Morgan fingerprint density at radius 2 is 1.84 bits per heavy atom. The molecule has 1 amide bonds. The number of likely N-dealkylation sites (tertiary alicyclic amines) is 2. The Labute approximate surface area is 164 Å². The van der Waals surface area contributed by atoms with Crippen LogP contribution in [0.4, 0.5) is 0 Å². The molecule has 4 nitrogen and oxygen atoms in total. The van der Waals surface area contributed by atoms with Gasteiger partial charge in [0.2, 0.25) is 5.91 Å². The molecule has 2 aliphatic heterocycles. The molecule has 6 heteroatoms. The number of likely N-dealkylation sites (N-methyl/N-ethyl adjacent to an activating group) is 1. The van der Waals surface area contributed by atoms with Crippen LogP contribution in [-0.4, -0.2) is 55.0 Å². The van der Waals surface area contributed by atoms with Crippen LogP contribution in [0.1, 0.15) is 31.2 Å². The molecule has 3 rings (SSSR count). The molecule has 0 aliphatic carbocycles. The van der Waals surface area contributed by atoms with E-state index in [0.717, 1.165) is 58.4 Å². The van der Waals surface area contributed by atoms with Gasteiger partial charge in [-0.2, -0.15) is 0 Å². The van der Waals surface area contributed by atoms with Gasteiger partial charge in [0.15, 0.2) is 0 Å². The summed E-state index contributed by atoms with van der Waals surface area (Å²) in [5.41, 5.74) is 1.34. The molecule has 25 heavy (non-hydrogen) atoms. The van der Waals surface area contributed by atoms with Gasteiger partial charge in [0.1, 0.15) is 0 Å². The number of hydrogen-bond acceptors (Lipinski definition) is 3. The first-order chi connectivity index (χ1) is 11.3. The van der Waals surface area contributed by atoms with Crippen molar-refractivity contribution in [2.75, 3.05) is 33.2 Å². The van der Waals surface area contributed by atoms with Crippen molar-refractivity contribution in [3.05, 3.63) is 35.9 Å². The van der Waals surface area contributed by atoms with Gasteiger partial charge in [0, 0.05) is 32.2 Å². The Morgan fingerprint density at radius 1 is 1.12 bits per heavy atom. The summed E-state index contributed by atoms with van der Waals surface area (Å²) < 4.78 is 0. The van der Waals surface area contributed by atoms with Crippen LogP contribution >= 0.6 is 24.8 Å². The van der Waals surface area contributed by atoms with E-state index in [0.29, 0.717) is 11.9 Å². The van der Waals surface area contributed by atoms with Crippen LogP contribution in [0.2, 0.25) is 0 Å². The molecule has 1 aromatic rings. The van der Waals surface area contributed by atoms with Gasteiger partial charge in [0.25, 0.3) is 0 Å². The zero-order valence-corrected chi connectivity index (χ0v) is 16.7. The molecule has 0 aromatic heterocycles. The van der Waals surface area contributed by atoms with Crippen molar-refractivity contribution in [2.24, 2.45) is 5.92 Å². The molecule has 0 spiro atoms. The van der Waals surface area contributed by atoms with Crippen molar-refractivity contribution in [3.63, 3.8) is 0 Å². The quantitative estimate of drug-likeness (QED) is 0.843. The molecule has 1 N–H and O–H groups in total. The monoisotopic (exact) mass is 387 g/mol. The second-order valence-corrected chi connectivity index (χ2v) is 6.95. The minimum Gasteiger partial charge on any atom is -0.338 e. The molecule has 2 unspecified atom stereocenters. The van der Waals surface area contributed by atoms with Gasteiger partial charge in [0.05, 0.1) is 5.92 Å². The predicted molar refractivity (Wildman–Crippen MR) is 108 cm³/mol. The Bertz CT molecular complexity index is 515. The SMILES string of the molecule is CNCC1CCCN1C(=O)C1CCCN(Cc2ccccc2)C1.Cl.Cl. The third kappa shape index (κ3) is 5.85. The lowest BCUT2D eigenvalue weighted by Crippen LogP contribution is -2.48. The molecule has 0 bridgehead atoms. The summed E-state index contributed by atoms with van der Waals surface area (Å²) in [6, 6.07) is 11.0. The Balaban J connectivity index is 0.00000156. The van der Waals surface area contributed by atoms with Gasteiger partial charge in [-0.15, -0.1) is 24.8 Å². The Hall–Kier alpha value is -0.810. The molecule has 2 atom stereocenters. The molecule has 2 saturated heterocycles. The van der Waals surface area contributed by atoms with Crippen LogP contribution in [0.5, 0.6) is 0 Å². The van der Waals surface area contributed by atoms with Crippen molar-refractivity contribution in [1.29, 1.82) is 0 Å². The van der Waals surface area contributed by atoms with Crippen molar-refractivity contribution >= 4 is 30.7 Å². The van der Waals surface area contributed by atoms with Gasteiger partial charge in [-0.05, 0) is 44.8 Å². The number of nitrogens with zero attached hydrogens (tertiary/aromatic N) is 2. The Kier molecular flexibility index (Phi) is 9.80. The van der Waals surface area contributed by atoms with Crippen LogP contribution < -0.4 is 5.32 Å².